The van der Waals surface area contributed by atoms with Crippen LogP contribution in [0.15, 0.2) is 42.1 Å². The molecule has 2 rings (SSSR count). The quantitative estimate of drug-likeness (QED) is 0.688. The number of hydrazine groups is 1. The first-order valence-corrected chi connectivity index (χ1v) is 4.71. The summed E-state index contributed by atoms with van der Waals surface area (Å²) in [5, 5.41) is 0. The van der Waals surface area contributed by atoms with Gasteiger partial charge >= 0.3 is 0 Å². The molecule has 2 N–H and O–H groups in total. The second-order valence-electron chi connectivity index (χ2n) is 3.24. The Hall–Kier alpha value is -1.44. The molecule has 1 aliphatic carbocycles. The van der Waals surface area contributed by atoms with Gasteiger partial charge in [0.2, 0.25) is 0 Å². The van der Waals surface area contributed by atoms with Crippen LogP contribution in [0.4, 0.5) is 5.69 Å². The van der Waals surface area contributed by atoms with Gasteiger partial charge in [0.25, 0.3) is 0 Å². The van der Waals surface area contributed by atoms with E-state index in [1.807, 2.05) is 30.3 Å². The number of nitrogens with one attached hydrogen (secondary N) is 2. The van der Waals surface area contributed by atoms with Crippen molar-refractivity contribution < 1.29 is 0 Å². The number of para-hydroxylation sites is 1. The summed E-state index contributed by atoms with van der Waals surface area (Å²) in [4.78, 5) is 0. The lowest BCUT2D eigenvalue weighted by Crippen LogP contribution is -2.19. The van der Waals surface area contributed by atoms with Crippen LogP contribution >= 0.6 is 0 Å². The fraction of sp³-hybridized carbons (Fsp3) is 0.273. The van der Waals surface area contributed by atoms with E-state index in [0.717, 1.165) is 5.69 Å². The summed E-state index contributed by atoms with van der Waals surface area (Å²) in [5.41, 5.74) is 8.79. The first-order valence-electron chi connectivity index (χ1n) is 4.71. The second kappa shape index (κ2) is 3.99. The summed E-state index contributed by atoms with van der Waals surface area (Å²) in [6, 6.07) is 10.1. The van der Waals surface area contributed by atoms with Crippen LogP contribution < -0.4 is 10.9 Å². The maximum absolute atomic E-state index is 3.21. The molecule has 0 saturated heterocycles. The van der Waals surface area contributed by atoms with Crippen LogP contribution in [0.1, 0.15) is 19.3 Å². The van der Waals surface area contributed by atoms with Gasteiger partial charge in [-0.15, -0.1) is 0 Å². The molecule has 1 aromatic rings. The molecule has 0 amide bonds. The Labute approximate surface area is 78.6 Å². The van der Waals surface area contributed by atoms with E-state index < -0.39 is 0 Å². The third-order valence-corrected chi connectivity index (χ3v) is 2.18. The zero-order chi connectivity index (χ0) is 8.93. The van der Waals surface area contributed by atoms with Crippen molar-refractivity contribution in [3.05, 3.63) is 42.1 Å². The van der Waals surface area contributed by atoms with E-state index in [4.69, 9.17) is 0 Å². The molecule has 0 fully saturated rings. The molecule has 13 heavy (non-hydrogen) atoms. The minimum atomic E-state index is 1.11. The van der Waals surface area contributed by atoms with Gasteiger partial charge in [-0.25, -0.2) is 0 Å². The number of benzene rings is 1. The van der Waals surface area contributed by atoms with Crippen molar-refractivity contribution in [3.8, 4) is 0 Å². The molecule has 68 valence electrons. The van der Waals surface area contributed by atoms with Crippen LogP contribution in [0.3, 0.4) is 0 Å². The minimum Gasteiger partial charge on any atom is -0.305 e. The predicted molar refractivity (Wildman–Crippen MR) is 55.1 cm³/mol. The molecule has 0 atom stereocenters. The Kier molecular flexibility index (Phi) is 2.51. The van der Waals surface area contributed by atoms with Crippen LogP contribution in [0, 0.1) is 0 Å². The normalized spacial score (nSPS) is 15.2. The monoisotopic (exact) mass is 174 g/mol. The maximum atomic E-state index is 3.21. The van der Waals surface area contributed by atoms with Gasteiger partial charge in [-0.05, 0) is 31.4 Å². The molecule has 0 saturated carbocycles. The molecule has 2 heteroatoms. The molecular weight excluding hydrogens is 160 g/mol. The lowest BCUT2D eigenvalue weighted by Gasteiger charge is -2.09. The van der Waals surface area contributed by atoms with E-state index in [9.17, 15) is 0 Å². The van der Waals surface area contributed by atoms with Crippen molar-refractivity contribution in [2.24, 2.45) is 0 Å². The van der Waals surface area contributed by atoms with Crippen LogP contribution in [0.5, 0.6) is 0 Å². The third kappa shape index (κ3) is 2.25. The Morgan fingerprint density at radius 3 is 2.54 bits per heavy atom. The molecule has 0 aliphatic heterocycles. The highest BCUT2D eigenvalue weighted by Gasteiger charge is 2.02. The van der Waals surface area contributed by atoms with Crippen LogP contribution in [-0.2, 0) is 0 Å². The van der Waals surface area contributed by atoms with E-state index >= 15 is 0 Å². The van der Waals surface area contributed by atoms with Gasteiger partial charge in [-0.2, -0.15) is 0 Å². The molecule has 2 nitrogen and oxygen atoms in total. The average molecular weight is 174 g/mol. The number of allylic oxidation sites excluding steroid dienone is 2. The van der Waals surface area contributed by atoms with Crippen LogP contribution in [0.25, 0.3) is 0 Å². The summed E-state index contributed by atoms with van der Waals surface area (Å²) in [6.45, 7) is 0. The molecule has 1 aliphatic rings. The Morgan fingerprint density at radius 2 is 1.85 bits per heavy atom. The summed E-state index contributed by atoms with van der Waals surface area (Å²) in [7, 11) is 0. The number of rotatable bonds is 3. The first-order chi connectivity index (χ1) is 6.45. The molecule has 0 aromatic heterocycles. The minimum absolute atomic E-state index is 1.11. The zero-order valence-corrected chi connectivity index (χ0v) is 7.59. The highest BCUT2D eigenvalue weighted by atomic mass is 15.4. The van der Waals surface area contributed by atoms with E-state index in [-0.39, 0.29) is 0 Å². The van der Waals surface area contributed by atoms with Gasteiger partial charge < -0.3 is 10.9 Å². The zero-order valence-electron chi connectivity index (χ0n) is 7.59. The van der Waals surface area contributed by atoms with Gasteiger partial charge in [0.15, 0.2) is 0 Å². The van der Waals surface area contributed by atoms with Gasteiger partial charge in [-0.1, -0.05) is 24.3 Å². The van der Waals surface area contributed by atoms with Crippen molar-refractivity contribution >= 4 is 5.69 Å². The van der Waals surface area contributed by atoms with Crippen molar-refractivity contribution in [1.82, 2.24) is 5.43 Å². The lowest BCUT2D eigenvalue weighted by molar-refractivity contribution is 0.839. The summed E-state index contributed by atoms with van der Waals surface area (Å²) >= 11 is 0. The Balaban J connectivity index is 1.86. The first kappa shape index (κ1) is 8.17. The summed E-state index contributed by atoms with van der Waals surface area (Å²) < 4.78 is 0. The molecule has 0 bridgehead atoms. The van der Waals surface area contributed by atoms with E-state index in [2.05, 4.69) is 16.9 Å². The Bertz CT molecular complexity index is 290. The fourth-order valence-corrected chi connectivity index (χ4v) is 1.46. The van der Waals surface area contributed by atoms with Crippen LogP contribution in [-0.4, -0.2) is 0 Å². The van der Waals surface area contributed by atoms with Gasteiger partial charge in [-0.3, -0.25) is 0 Å². The number of anilines is 1. The SMILES string of the molecule is C1=C(NNc2ccccc2)CCC1. The maximum Gasteiger partial charge on any atom is 0.0539 e. The average Bonchev–Trinajstić information content (AvgIpc) is 2.69. The largest absolute Gasteiger partial charge is 0.305 e. The predicted octanol–water partition coefficient (Wildman–Crippen LogP) is 2.67. The highest BCUT2D eigenvalue weighted by Crippen LogP contribution is 2.14. The molecule has 0 heterocycles. The van der Waals surface area contributed by atoms with Gasteiger partial charge in [0.05, 0.1) is 5.69 Å². The van der Waals surface area contributed by atoms with Crippen molar-refractivity contribution in [1.29, 1.82) is 0 Å². The second-order valence-corrected chi connectivity index (χ2v) is 3.24. The smallest absolute Gasteiger partial charge is 0.0539 e. The fourth-order valence-electron chi connectivity index (χ4n) is 1.46. The van der Waals surface area contributed by atoms with Crippen molar-refractivity contribution in [3.63, 3.8) is 0 Å². The summed E-state index contributed by atoms with van der Waals surface area (Å²) in [5.74, 6) is 0. The summed E-state index contributed by atoms with van der Waals surface area (Å²) in [6.07, 6.45) is 5.90. The Morgan fingerprint density at radius 1 is 1.00 bits per heavy atom. The third-order valence-electron chi connectivity index (χ3n) is 2.18. The van der Waals surface area contributed by atoms with Crippen molar-refractivity contribution in [2.45, 2.75) is 19.3 Å². The number of hydrogen-bond acceptors (Lipinski definition) is 2. The van der Waals surface area contributed by atoms with E-state index in [1.54, 1.807) is 0 Å². The topological polar surface area (TPSA) is 24.1 Å². The van der Waals surface area contributed by atoms with E-state index in [1.165, 1.54) is 25.0 Å². The molecule has 0 spiro atoms. The standard InChI is InChI=1S/C11H14N2/c1-2-6-10(7-3-1)12-13-11-8-4-5-9-11/h1-3,6-8,12-13H,4-5,9H2. The van der Waals surface area contributed by atoms with Gasteiger partial charge in [0.1, 0.15) is 0 Å². The number of hydrogen-bond donors (Lipinski definition) is 2. The molecule has 0 radical (unpaired) electrons. The molecule has 1 aromatic carbocycles. The van der Waals surface area contributed by atoms with Crippen LogP contribution in [0.2, 0.25) is 0 Å². The van der Waals surface area contributed by atoms with Gasteiger partial charge in [0, 0.05) is 5.70 Å². The van der Waals surface area contributed by atoms with E-state index in [0.29, 0.717) is 0 Å². The molecular formula is C11H14N2. The highest BCUT2D eigenvalue weighted by molar-refractivity contribution is 5.42. The van der Waals surface area contributed by atoms with Crippen molar-refractivity contribution in [2.75, 3.05) is 5.43 Å². The lowest BCUT2D eigenvalue weighted by atomic mass is 10.3. The molecule has 0 unspecified atom stereocenters.